The van der Waals surface area contributed by atoms with Gasteiger partial charge >= 0.3 is 5.97 Å². The largest absolute Gasteiger partial charge is 0.460 e. The number of halogens is 2. The van der Waals surface area contributed by atoms with Crippen molar-refractivity contribution in [2.75, 3.05) is 6.61 Å². The number of carbonyl (C=O) groups excluding carboxylic acids is 1. The summed E-state index contributed by atoms with van der Waals surface area (Å²) in [4.78, 5) is 15.6. The third-order valence-electron chi connectivity index (χ3n) is 2.29. The fraction of sp³-hybridized carbons (Fsp3) is 0.167. The van der Waals surface area contributed by atoms with Gasteiger partial charge in [0.25, 0.3) is 0 Å². The lowest BCUT2D eigenvalue weighted by Crippen LogP contribution is -2.11. The molecule has 0 atom stereocenters. The first-order valence-corrected chi connectivity index (χ1v) is 6.00. The van der Waals surface area contributed by atoms with Crippen LogP contribution in [0, 0.1) is 0 Å². The molecule has 4 nitrogen and oxygen atoms in total. The average Bonchev–Trinajstić information content (AvgIpc) is 2.81. The Hall–Kier alpha value is -1.52. The van der Waals surface area contributed by atoms with Crippen molar-refractivity contribution in [1.29, 1.82) is 0 Å². The van der Waals surface area contributed by atoms with Crippen molar-refractivity contribution < 1.29 is 9.53 Å². The van der Waals surface area contributed by atoms with E-state index in [4.69, 9.17) is 27.9 Å². The standard InChI is InChI=1S/C12H10Cl2N2O2/c13-9-1-2-10(11(14)7-9)12(17)18-6-5-16-4-3-15-8-16/h1-4,7-8H,5-6H2. The van der Waals surface area contributed by atoms with Gasteiger partial charge in [0, 0.05) is 17.4 Å². The van der Waals surface area contributed by atoms with Gasteiger partial charge < -0.3 is 9.30 Å². The van der Waals surface area contributed by atoms with Gasteiger partial charge in [0.15, 0.2) is 0 Å². The number of carbonyl (C=O) groups is 1. The van der Waals surface area contributed by atoms with Crippen LogP contribution in [0.25, 0.3) is 0 Å². The summed E-state index contributed by atoms with van der Waals surface area (Å²) in [6, 6.07) is 4.65. The molecule has 94 valence electrons. The smallest absolute Gasteiger partial charge is 0.339 e. The highest BCUT2D eigenvalue weighted by Crippen LogP contribution is 2.21. The Kier molecular flexibility index (Phi) is 4.23. The molecule has 0 aliphatic carbocycles. The predicted octanol–water partition coefficient (Wildman–Crippen LogP) is 3.05. The van der Waals surface area contributed by atoms with Crippen molar-refractivity contribution in [2.45, 2.75) is 6.54 Å². The first kappa shape index (κ1) is 12.9. The summed E-state index contributed by atoms with van der Waals surface area (Å²) in [7, 11) is 0. The fourth-order valence-corrected chi connectivity index (χ4v) is 1.88. The second kappa shape index (κ2) is 5.89. The lowest BCUT2D eigenvalue weighted by atomic mass is 10.2. The summed E-state index contributed by atoms with van der Waals surface area (Å²) in [6.07, 6.45) is 5.12. The molecule has 0 unspecified atom stereocenters. The average molecular weight is 285 g/mol. The van der Waals surface area contributed by atoms with E-state index in [0.717, 1.165) is 0 Å². The van der Waals surface area contributed by atoms with E-state index in [0.29, 0.717) is 17.1 Å². The van der Waals surface area contributed by atoms with Crippen LogP contribution < -0.4 is 0 Å². The number of benzene rings is 1. The molecule has 0 bridgehead atoms. The number of aromatic nitrogens is 2. The van der Waals surface area contributed by atoms with E-state index in [1.54, 1.807) is 30.9 Å². The SMILES string of the molecule is O=C(OCCn1ccnc1)c1ccc(Cl)cc1Cl. The van der Waals surface area contributed by atoms with E-state index in [2.05, 4.69) is 4.98 Å². The second-order valence-corrected chi connectivity index (χ2v) is 4.40. The highest BCUT2D eigenvalue weighted by molar-refractivity contribution is 6.36. The number of nitrogens with zero attached hydrogens (tertiary/aromatic N) is 2. The Balaban J connectivity index is 1.91. The maximum Gasteiger partial charge on any atom is 0.339 e. The highest BCUT2D eigenvalue weighted by Gasteiger charge is 2.11. The molecule has 1 aromatic heterocycles. The number of esters is 1. The molecule has 0 saturated heterocycles. The minimum Gasteiger partial charge on any atom is -0.460 e. The minimum atomic E-state index is -0.461. The number of rotatable bonds is 4. The highest BCUT2D eigenvalue weighted by atomic mass is 35.5. The Morgan fingerprint density at radius 2 is 2.22 bits per heavy atom. The predicted molar refractivity (Wildman–Crippen MR) is 69.0 cm³/mol. The van der Waals surface area contributed by atoms with Crippen LogP contribution in [0.2, 0.25) is 10.0 Å². The van der Waals surface area contributed by atoms with Crippen LogP contribution in [-0.4, -0.2) is 22.1 Å². The van der Waals surface area contributed by atoms with Gasteiger partial charge in [0.1, 0.15) is 6.61 Å². The summed E-state index contributed by atoms with van der Waals surface area (Å²) < 4.78 is 6.92. The summed E-state index contributed by atoms with van der Waals surface area (Å²) in [5.74, 6) is -0.461. The summed E-state index contributed by atoms with van der Waals surface area (Å²) in [6.45, 7) is 0.811. The lowest BCUT2D eigenvalue weighted by molar-refractivity contribution is 0.0491. The minimum absolute atomic E-state index is 0.258. The zero-order valence-electron chi connectivity index (χ0n) is 9.35. The molecule has 1 aromatic carbocycles. The van der Waals surface area contributed by atoms with Gasteiger partial charge in [-0.15, -0.1) is 0 Å². The van der Waals surface area contributed by atoms with E-state index in [1.165, 1.54) is 6.07 Å². The zero-order chi connectivity index (χ0) is 13.0. The number of ether oxygens (including phenoxy) is 1. The maximum atomic E-state index is 11.7. The second-order valence-electron chi connectivity index (χ2n) is 3.56. The maximum absolute atomic E-state index is 11.7. The van der Waals surface area contributed by atoms with Crippen LogP contribution in [0.15, 0.2) is 36.9 Å². The molecule has 6 heteroatoms. The molecule has 0 spiro atoms. The number of hydrogen-bond donors (Lipinski definition) is 0. The molecular formula is C12H10Cl2N2O2. The van der Waals surface area contributed by atoms with Gasteiger partial charge in [0.05, 0.1) is 23.5 Å². The first-order chi connectivity index (χ1) is 8.66. The van der Waals surface area contributed by atoms with Crippen LogP contribution >= 0.6 is 23.2 Å². The van der Waals surface area contributed by atoms with Crippen LogP contribution in [0.5, 0.6) is 0 Å². The summed E-state index contributed by atoms with van der Waals surface area (Å²) in [5.41, 5.74) is 0.312. The molecule has 2 rings (SSSR count). The van der Waals surface area contributed by atoms with E-state index in [-0.39, 0.29) is 11.6 Å². The summed E-state index contributed by atoms with van der Waals surface area (Å²) >= 11 is 11.6. The van der Waals surface area contributed by atoms with Gasteiger partial charge in [-0.05, 0) is 18.2 Å². The van der Waals surface area contributed by atoms with Crippen LogP contribution in [-0.2, 0) is 11.3 Å². The van der Waals surface area contributed by atoms with Gasteiger partial charge in [-0.25, -0.2) is 9.78 Å². The fourth-order valence-electron chi connectivity index (χ4n) is 1.40. The van der Waals surface area contributed by atoms with Crippen LogP contribution in [0.1, 0.15) is 10.4 Å². The molecule has 0 fully saturated rings. The van der Waals surface area contributed by atoms with Gasteiger partial charge in [-0.1, -0.05) is 23.2 Å². The van der Waals surface area contributed by atoms with Crippen LogP contribution in [0.3, 0.4) is 0 Å². The molecule has 0 radical (unpaired) electrons. The Labute approximate surface area is 114 Å². The third-order valence-corrected chi connectivity index (χ3v) is 2.84. The number of imidazole rings is 1. The lowest BCUT2D eigenvalue weighted by Gasteiger charge is -2.06. The monoisotopic (exact) mass is 284 g/mol. The van der Waals surface area contributed by atoms with Crippen molar-refractivity contribution in [3.05, 3.63) is 52.5 Å². The normalized spacial score (nSPS) is 10.3. The van der Waals surface area contributed by atoms with Gasteiger partial charge in [-0.3, -0.25) is 0 Å². The van der Waals surface area contributed by atoms with E-state index < -0.39 is 5.97 Å². The molecule has 0 saturated carbocycles. The number of hydrogen-bond acceptors (Lipinski definition) is 3. The van der Waals surface area contributed by atoms with E-state index >= 15 is 0 Å². The molecule has 1 heterocycles. The Morgan fingerprint density at radius 3 is 2.89 bits per heavy atom. The molecule has 0 aliphatic rings. The zero-order valence-corrected chi connectivity index (χ0v) is 10.9. The molecule has 18 heavy (non-hydrogen) atoms. The van der Waals surface area contributed by atoms with Gasteiger partial charge in [0.2, 0.25) is 0 Å². The molecule has 2 aromatic rings. The molecule has 0 aliphatic heterocycles. The van der Waals surface area contributed by atoms with E-state index in [9.17, 15) is 4.79 Å². The van der Waals surface area contributed by atoms with Crippen molar-refractivity contribution in [1.82, 2.24) is 9.55 Å². The first-order valence-electron chi connectivity index (χ1n) is 5.25. The quantitative estimate of drug-likeness (QED) is 0.811. The van der Waals surface area contributed by atoms with Crippen molar-refractivity contribution >= 4 is 29.2 Å². The van der Waals surface area contributed by atoms with Gasteiger partial charge in [-0.2, -0.15) is 0 Å². The Morgan fingerprint density at radius 1 is 1.39 bits per heavy atom. The van der Waals surface area contributed by atoms with Crippen LogP contribution in [0.4, 0.5) is 0 Å². The topological polar surface area (TPSA) is 44.1 Å². The van der Waals surface area contributed by atoms with Crippen molar-refractivity contribution in [3.8, 4) is 0 Å². The third kappa shape index (κ3) is 3.24. The molecule has 0 amide bonds. The van der Waals surface area contributed by atoms with Crippen molar-refractivity contribution in [2.24, 2.45) is 0 Å². The molecular weight excluding hydrogens is 275 g/mol. The van der Waals surface area contributed by atoms with E-state index in [1.807, 2.05) is 4.57 Å². The van der Waals surface area contributed by atoms with Crippen molar-refractivity contribution in [3.63, 3.8) is 0 Å². The summed E-state index contributed by atoms with van der Waals surface area (Å²) in [5, 5.41) is 0.769. The Bertz CT molecular complexity index is 541. The molecule has 0 N–H and O–H groups in total.